The molecular formula is C18H15N3S. The summed E-state index contributed by atoms with van der Waals surface area (Å²) in [6.07, 6.45) is 0.708. The van der Waals surface area contributed by atoms with E-state index >= 15 is 0 Å². The fraction of sp³-hybridized carbons (Fsp3) is 0.167. The fourth-order valence-corrected chi connectivity index (χ4v) is 3.41. The number of aryl methyl sites for hydroxylation is 1. The Labute approximate surface area is 134 Å². The molecule has 1 aromatic heterocycles. The summed E-state index contributed by atoms with van der Waals surface area (Å²) in [5.41, 5.74) is 2.09. The molecule has 0 saturated heterocycles. The van der Waals surface area contributed by atoms with Crippen LogP contribution in [0, 0.1) is 18.3 Å². The maximum atomic E-state index is 9.48. The maximum absolute atomic E-state index is 9.48. The van der Waals surface area contributed by atoms with Crippen LogP contribution < -0.4 is 0 Å². The molecule has 0 saturated carbocycles. The molecule has 1 unspecified atom stereocenters. The van der Waals surface area contributed by atoms with Gasteiger partial charge < -0.3 is 0 Å². The molecule has 4 heteroatoms. The molecule has 0 bridgehead atoms. The first-order chi connectivity index (χ1) is 10.8. The van der Waals surface area contributed by atoms with Crippen LogP contribution in [0.5, 0.6) is 0 Å². The highest BCUT2D eigenvalue weighted by atomic mass is 32.2. The van der Waals surface area contributed by atoms with Crippen LogP contribution in [0.1, 0.15) is 11.4 Å². The highest BCUT2D eigenvalue weighted by molar-refractivity contribution is 8.00. The molecule has 0 N–H and O–H groups in total. The first-order valence-electron chi connectivity index (χ1n) is 7.10. The van der Waals surface area contributed by atoms with E-state index in [0.29, 0.717) is 6.42 Å². The van der Waals surface area contributed by atoms with E-state index < -0.39 is 0 Å². The lowest BCUT2D eigenvalue weighted by Gasteiger charge is -2.11. The molecular weight excluding hydrogens is 290 g/mol. The van der Waals surface area contributed by atoms with Gasteiger partial charge in [-0.15, -0.1) is 0 Å². The van der Waals surface area contributed by atoms with Gasteiger partial charge >= 0.3 is 0 Å². The van der Waals surface area contributed by atoms with Crippen molar-refractivity contribution >= 4 is 22.7 Å². The number of nitrogens with zero attached hydrogens (tertiary/aromatic N) is 3. The monoisotopic (exact) mass is 305 g/mol. The molecule has 0 radical (unpaired) electrons. The van der Waals surface area contributed by atoms with Crippen LogP contribution in [0.15, 0.2) is 59.6 Å². The fourth-order valence-electron chi connectivity index (χ4n) is 2.32. The Hall–Kier alpha value is -2.38. The van der Waals surface area contributed by atoms with Gasteiger partial charge in [0.25, 0.3) is 0 Å². The number of rotatable bonds is 4. The molecule has 1 atom stereocenters. The average Bonchev–Trinajstić information content (AvgIpc) is 2.55. The normalized spacial score (nSPS) is 12.0. The highest BCUT2D eigenvalue weighted by Crippen LogP contribution is 2.29. The Morgan fingerprint density at radius 2 is 1.77 bits per heavy atom. The van der Waals surface area contributed by atoms with Crippen LogP contribution in [-0.2, 0) is 6.42 Å². The molecule has 3 nitrogen and oxygen atoms in total. The predicted molar refractivity (Wildman–Crippen MR) is 89.7 cm³/mol. The van der Waals surface area contributed by atoms with Crippen molar-refractivity contribution in [3.8, 4) is 6.07 Å². The zero-order valence-electron chi connectivity index (χ0n) is 12.2. The summed E-state index contributed by atoms with van der Waals surface area (Å²) in [5, 5.41) is 11.2. The van der Waals surface area contributed by atoms with Crippen LogP contribution >= 0.6 is 11.8 Å². The van der Waals surface area contributed by atoms with Gasteiger partial charge in [-0.2, -0.15) is 5.26 Å². The smallest absolute Gasteiger partial charge is 0.127 e. The van der Waals surface area contributed by atoms with Crippen LogP contribution in [0.4, 0.5) is 0 Å². The van der Waals surface area contributed by atoms with E-state index in [1.54, 1.807) is 0 Å². The Morgan fingerprint density at radius 3 is 2.55 bits per heavy atom. The van der Waals surface area contributed by atoms with Gasteiger partial charge in [0.15, 0.2) is 0 Å². The summed E-state index contributed by atoms with van der Waals surface area (Å²) < 4.78 is 0. The third kappa shape index (κ3) is 3.26. The zero-order valence-corrected chi connectivity index (χ0v) is 13.0. The molecule has 22 heavy (non-hydrogen) atoms. The number of nitriles is 1. The van der Waals surface area contributed by atoms with E-state index in [0.717, 1.165) is 27.3 Å². The van der Waals surface area contributed by atoms with Gasteiger partial charge in [0.1, 0.15) is 16.1 Å². The SMILES string of the molecule is Cc1nc(SC(C#N)Cc2ccccc2)c2ccccc2n1. The minimum atomic E-state index is -0.167. The first-order valence-corrected chi connectivity index (χ1v) is 7.98. The van der Waals surface area contributed by atoms with Gasteiger partial charge in [-0.3, -0.25) is 0 Å². The van der Waals surface area contributed by atoms with E-state index in [1.807, 2.05) is 61.5 Å². The lowest BCUT2D eigenvalue weighted by Crippen LogP contribution is -2.05. The molecule has 0 aliphatic rings. The number of fused-ring (bicyclic) bond motifs is 1. The number of aromatic nitrogens is 2. The minimum Gasteiger partial charge on any atom is -0.233 e. The van der Waals surface area contributed by atoms with Crippen molar-refractivity contribution in [1.29, 1.82) is 5.26 Å². The first kappa shape index (κ1) is 14.6. The van der Waals surface area contributed by atoms with Crippen LogP contribution in [0.25, 0.3) is 10.9 Å². The Bertz CT molecular complexity index is 825. The Kier molecular flexibility index (Phi) is 4.36. The lowest BCUT2D eigenvalue weighted by molar-refractivity contribution is 0.987. The second-order valence-electron chi connectivity index (χ2n) is 5.02. The standard InChI is InChI=1S/C18H15N3S/c1-13-20-17-10-6-5-9-16(17)18(21-13)22-15(12-19)11-14-7-3-2-4-8-14/h2-10,15H,11H2,1H3. The van der Waals surface area contributed by atoms with E-state index in [9.17, 15) is 5.26 Å². The molecule has 2 aromatic carbocycles. The van der Waals surface area contributed by atoms with Gasteiger partial charge in [0.05, 0.1) is 11.6 Å². The summed E-state index contributed by atoms with van der Waals surface area (Å²) >= 11 is 1.51. The summed E-state index contributed by atoms with van der Waals surface area (Å²) in [6, 6.07) is 20.4. The second kappa shape index (κ2) is 6.59. The Balaban J connectivity index is 1.90. The topological polar surface area (TPSA) is 49.6 Å². The molecule has 3 rings (SSSR count). The Morgan fingerprint density at radius 1 is 1.05 bits per heavy atom. The number of hydrogen-bond acceptors (Lipinski definition) is 4. The summed E-state index contributed by atoms with van der Waals surface area (Å²) in [7, 11) is 0. The molecule has 0 aliphatic heterocycles. The molecule has 1 heterocycles. The average molecular weight is 305 g/mol. The minimum absolute atomic E-state index is 0.167. The van der Waals surface area contributed by atoms with Gasteiger partial charge in [-0.1, -0.05) is 60.3 Å². The number of benzene rings is 2. The van der Waals surface area contributed by atoms with Crippen LogP contribution in [-0.4, -0.2) is 15.2 Å². The molecule has 0 amide bonds. The highest BCUT2D eigenvalue weighted by Gasteiger charge is 2.14. The van der Waals surface area contributed by atoms with Crippen molar-refractivity contribution < 1.29 is 0 Å². The van der Waals surface area contributed by atoms with Gasteiger partial charge in [0.2, 0.25) is 0 Å². The van der Waals surface area contributed by atoms with E-state index in [1.165, 1.54) is 11.8 Å². The molecule has 0 fully saturated rings. The molecule has 108 valence electrons. The van der Waals surface area contributed by atoms with E-state index in [2.05, 4.69) is 16.0 Å². The van der Waals surface area contributed by atoms with Gasteiger partial charge in [0, 0.05) is 5.39 Å². The lowest BCUT2D eigenvalue weighted by atomic mass is 10.1. The largest absolute Gasteiger partial charge is 0.233 e. The van der Waals surface area contributed by atoms with E-state index in [-0.39, 0.29) is 5.25 Å². The maximum Gasteiger partial charge on any atom is 0.127 e. The van der Waals surface area contributed by atoms with Gasteiger partial charge in [-0.05, 0) is 25.0 Å². The van der Waals surface area contributed by atoms with Crippen molar-refractivity contribution in [2.45, 2.75) is 23.6 Å². The van der Waals surface area contributed by atoms with Crippen molar-refractivity contribution in [1.82, 2.24) is 9.97 Å². The van der Waals surface area contributed by atoms with Gasteiger partial charge in [-0.25, -0.2) is 9.97 Å². The molecule has 0 spiro atoms. The molecule has 3 aromatic rings. The van der Waals surface area contributed by atoms with Crippen LogP contribution in [0.2, 0.25) is 0 Å². The third-order valence-electron chi connectivity index (χ3n) is 3.34. The second-order valence-corrected chi connectivity index (χ2v) is 6.21. The van der Waals surface area contributed by atoms with Crippen molar-refractivity contribution in [2.75, 3.05) is 0 Å². The summed E-state index contributed by atoms with van der Waals surface area (Å²) in [6.45, 7) is 1.88. The number of para-hydroxylation sites is 1. The van der Waals surface area contributed by atoms with Crippen molar-refractivity contribution in [3.05, 3.63) is 66.0 Å². The number of thioether (sulfide) groups is 1. The van der Waals surface area contributed by atoms with Crippen LogP contribution in [0.3, 0.4) is 0 Å². The summed E-state index contributed by atoms with van der Waals surface area (Å²) in [4.78, 5) is 8.98. The summed E-state index contributed by atoms with van der Waals surface area (Å²) in [5.74, 6) is 0.734. The van der Waals surface area contributed by atoms with Crippen molar-refractivity contribution in [2.24, 2.45) is 0 Å². The quantitative estimate of drug-likeness (QED) is 0.536. The zero-order chi connectivity index (χ0) is 15.4. The molecule has 0 aliphatic carbocycles. The van der Waals surface area contributed by atoms with Crippen molar-refractivity contribution in [3.63, 3.8) is 0 Å². The third-order valence-corrected chi connectivity index (χ3v) is 4.43. The predicted octanol–water partition coefficient (Wildman–Crippen LogP) is 4.17. The van der Waals surface area contributed by atoms with E-state index in [4.69, 9.17) is 0 Å². The number of hydrogen-bond donors (Lipinski definition) is 0.